The molecule has 2 aromatic heterocycles. The van der Waals surface area contributed by atoms with E-state index < -0.39 is 5.82 Å². The lowest BCUT2D eigenvalue weighted by Crippen LogP contribution is -2.15. The molecule has 0 saturated heterocycles. The predicted molar refractivity (Wildman–Crippen MR) is 95.2 cm³/mol. The van der Waals surface area contributed by atoms with Gasteiger partial charge in [0.25, 0.3) is 0 Å². The highest BCUT2D eigenvalue weighted by atomic mass is 19.1. The number of carbonyl (C=O) groups is 1. The molecule has 26 heavy (non-hydrogen) atoms. The molecule has 3 rings (SSSR count). The Morgan fingerprint density at radius 2 is 2.12 bits per heavy atom. The Labute approximate surface area is 150 Å². The van der Waals surface area contributed by atoms with Gasteiger partial charge in [-0.3, -0.25) is 9.78 Å². The minimum absolute atomic E-state index is 0.188. The van der Waals surface area contributed by atoms with Crippen LogP contribution in [0.15, 0.2) is 55.1 Å². The number of pyridine rings is 1. The van der Waals surface area contributed by atoms with E-state index in [1.54, 1.807) is 30.6 Å². The van der Waals surface area contributed by atoms with Crippen LogP contribution in [0.3, 0.4) is 0 Å². The van der Waals surface area contributed by atoms with Crippen LogP contribution >= 0.6 is 0 Å². The summed E-state index contributed by atoms with van der Waals surface area (Å²) in [5.74, 6) is 0.137. The topological polar surface area (TPSA) is 77.0 Å². The summed E-state index contributed by atoms with van der Waals surface area (Å²) in [6.07, 6.45) is 4.82. The summed E-state index contributed by atoms with van der Waals surface area (Å²) in [5.41, 5.74) is 1.95. The van der Waals surface area contributed by atoms with Crippen LogP contribution in [-0.4, -0.2) is 27.5 Å². The van der Waals surface area contributed by atoms with Crippen molar-refractivity contribution in [1.29, 1.82) is 0 Å². The second kappa shape index (κ2) is 8.15. The van der Waals surface area contributed by atoms with Crippen molar-refractivity contribution < 1.29 is 13.9 Å². The van der Waals surface area contributed by atoms with Gasteiger partial charge >= 0.3 is 0 Å². The van der Waals surface area contributed by atoms with Gasteiger partial charge in [-0.2, -0.15) is 0 Å². The van der Waals surface area contributed by atoms with Crippen molar-refractivity contribution in [3.05, 3.63) is 66.5 Å². The molecule has 2 heterocycles. The van der Waals surface area contributed by atoms with Crippen LogP contribution in [0.5, 0.6) is 5.75 Å². The highest BCUT2D eigenvalue weighted by Crippen LogP contribution is 2.30. The summed E-state index contributed by atoms with van der Waals surface area (Å²) in [7, 11) is 0. The summed E-state index contributed by atoms with van der Waals surface area (Å²) in [4.78, 5) is 24.4. The molecule has 0 spiro atoms. The highest BCUT2D eigenvalue weighted by molar-refractivity contribution is 5.91. The van der Waals surface area contributed by atoms with Gasteiger partial charge in [-0.25, -0.2) is 14.4 Å². The fourth-order valence-corrected chi connectivity index (χ4v) is 2.43. The molecule has 0 bridgehead atoms. The van der Waals surface area contributed by atoms with E-state index in [0.29, 0.717) is 29.4 Å². The van der Waals surface area contributed by atoms with Gasteiger partial charge in [0, 0.05) is 30.1 Å². The number of amides is 1. The zero-order chi connectivity index (χ0) is 18.4. The molecule has 0 radical (unpaired) electrons. The lowest BCUT2D eigenvalue weighted by atomic mass is 10.1. The number of carbonyl (C=O) groups excluding carboxylic acids is 1. The van der Waals surface area contributed by atoms with Gasteiger partial charge in [0.15, 0.2) is 0 Å². The van der Waals surface area contributed by atoms with Crippen LogP contribution in [-0.2, 0) is 11.2 Å². The van der Waals surface area contributed by atoms with E-state index in [0.717, 1.165) is 5.56 Å². The van der Waals surface area contributed by atoms with Crippen molar-refractivity contribution in [3.8, 4) is 17.0 Å². The van der Waals surface area contributed by atoms with Crippen LogP contribution < -0.4 is 10.1 Å². The molecule has 132 valence electrons. The lowest BCUT2D eigenvalue weighted by Gasteiger charge is -2.11. The molecule has 1 aromatic carbocycles. The number of benzene rings is 1. The van der Waals surface area contributed by atoms with Crippen molar-refractivity contribution in [2.24, 2.45) is 0 Å². The third-order valence-electron chi connectivity index (χ3n) is 3.54. The first-order valence-electron chi connectivity index (χ1n) is 8.09. The first-order valence-corrected chi connectivity index (χ1v) is 8.09. The van der Waals surface area contributed by atoms with Crippen molar-refractivity contribution in [3.63, 3.8) is 0 Å². The number of ether oxygens (including phenoxy) is 1. The Morgan fingerprint density at radius 3 is 2.88 bits per heavy atom. The van der Waals surface area contributed by atoms with Crippen LogP contribution in [0.25, 0.3) is 11.3 Å². The quantitative estimate of drug-likeness (QED) is 0.737. The van der Waals surface area contributed by atoms with Gasteiger partial charge in [0.05, 0.1) is 18.7 Å². The Balaban J connectivity index is 1.79. The normalized spacial score (nSPS) is 10.4. The van der Waals surface area contributed by atoms with E-state index in [1.165, 1.54) is 18.5 Å². The first-order chi connectivity index (χ1) is 12.7. The predicted octanol–water partition coefficient (Wildman–Crippen LogP) is 3.26. The zero-order valence-corrected chi connectivity index (χ0v) is 14.1. The average Bonchev–Trinajstić information content (AvgIpc) is 2.63. The third kappa shape index (κ3) is 4.38. The number of aromatic nitrogens is 3. The number of nitrogens with zero attached hydrogens (tertiary/aromatic N) is 3. The Kier molecular flexibility index (Phi) is 5.48. The van der Waals surface area contributed by atoms with Crippen molar-refractivity contribution in [1.82, 2.24) is 15.0 Å². The second-order valence-corrected chi connectivity index (χ2v) is 5.45. The van der Waals surface area contributed by atoms with E-state index in [4.69, 9.17) is 4.74 Å². The average molecular weight is 352 g/mol. The van der Waals surface area contributed by atoms with E-state index in [-0.39, 0.29) is 12.3 Å². The number of anilines is 1. The molecule has 0 unspecified atom stereocenters. The van der Waals surface area contributed by atoms with Crippen LogP contribution in [0, 0.1) is 5.82 Å². The van der Waals surface area contributed by atoms with E-state index in [9.17, 15) is 9.18 Å². The number of hydrogen-bond donors (Lipinski definition) is 1. The summed E-state index contributed by atoms with van der Waals surface area (Å²) >= 11 is 0. The summed E-state index contributed by atoms with van der Waals surface area (Å²) < 4.78 is 18.9. The smallest absolute Gasteiger partial charge is 0.230 e. The van der Waals surface area contributed by atoms with Crippen LogP contribution in [0.2, 0.25) is 0 Å². The standard InChI is InChI=1S/C19H17FN4O2/c1-2-26-17-9-14(20)5-6-15(17)16-10-18(23-12-22-16)24-19(25)8-13-4-3-7-21-11-13/h3-7,9-12H,2,8H2,1H3,(H,22,23,24,25). The summed E-state index contributed by atoms with van der Waals surface area (Å²) in [5, 5.41) is 2.73. The summed E-state index contributed by atoms with van der Waals surface area (Å²) in [6, 6.07) is 9.45. The Morgan fingerprint density at radius 1 is 1.23 bits per heavy atom. The number of nitrogens with one attached hydrogen (secondary N) is 1. The molecular weight excluding hydrogens is 335 g/mol. The van der Waals surface area contributed by atoms with Crippen LogP contribution in [0.4, 0.5) is 10.2 Å². The minimum Gasteiger partial charge on any atom is -0.493 e. The Bertz CT molecular complexity index is 903. The van der Waals surface area contributed by atoms with Crippen molar-refractivity contribution >= 4 is 11.7 Å². The zero-order valence-electron chi connectivity index (χ0n) is 14.1. The number of rotatable bonds is 6. The maximum absolute atomic E-state index is 13.5. The minimum atomic E-state index is -0.392. The molecule has 3 aromatic rings. The van der Waals surface area contributed by atoms with E-state index in [2.05, 4.69) is 20.3 Å². The molecule has 6 nitrogen and oxygen atoms in total. The maximum Gasteiger partial charge on any atom is 0.230 e. The van der Waals surface area contributed by atoms with Crippen LogP contribution in [0.1, 0.15) is 12.5 Å². The van der Waals surface area contributed by atoms with Gasteiger partial charge in [-0.15, -0.1) is 0 Å². The Hall–Kier alpha value is -3.35. The molecule has 0 fully saturated rings. The molecule has 0 aliphatic carbocycles. The molecule has 0 aliphatic heterocycles. The fraction of sp³-hybridized carbons (Fsp3) is 0.158. The number of halogens is 1. The van der Waals surface area contributed by atoms with Gasteiger partial charge in [0.1, 0.15) is 23.7 Å². The molecule has 7 heteroatoms. The van der Waals surface area contributed by atoms with Crippen molar-refractivity contribution in [2.45, 2.75) is 13.3 Å². The maximum atomic E-state index is 13.5. The highest BCUT2D eigenvalue weighted by Gasteiger charge is 2.11. The fourth-order valence-electron chi connectivity index (χ4n) is 2.43. The molecule has 1 amide bonds. The van der Waals surface area contributed by atoms with Gasteiger partial charge in [-0.05, 0) is 30.7 Å². The number of hydrogen-bond acceptors (Lipinski definition) is 5. The molecular formula is C19H17FN4O2. The van der Waals surface area contributed by atoms with E-state index in [1.807, 2.05) is 13.0 Å². The van der Waals surface area contributed by atoms with Gasteiger partial charge in [-0.1, -0.05) is 6.07 Å². The molecule has 0 aliphatic rings. The largest absolute Gasteiger partial charge is 0.493 e. The van der Waals surface area contributed by atoms with Gasteiger partial charge in [0.2, 0.25) is 5.91 Å². The molecule has 1 N–H and O–H groups in total. The molecule has 0 saturated carbocycles. The van der Waals surface area contributed by atoms with Crippen molar-refractivity contribution in [2.75, 3.05) is 11.9 Å². The lowest BCUT2D eigenvalue weighted by molar-refractivity contribution is -0.115. The third-order valence-corrected chi connectivity index (χ3v) is 3.54. The first kappa shape index (κ1) is 17.5. The molecule has 0 atom stereocenters. The second-order valence-electron chi connectivity index (χ2n) is 5.45. The SMILES string of the molecule is CCOc1cc(F)ccc1-c1cc(NC(=O)Cc2cccnc2)ncn1. The summed E-state index contributed by atoms with van der Waals surface area (Å²) in [6.45, 7) is 2.22. The van der Waals surface area contributed by atoms with E-state index >= 15 is 0 Å². The monoisotopic (exact) mass is 352 g/mol. The van der Waals surface area contributed by atoms with Gasteiger partial charge < -0.3 is 10.1 Å².